The summed E-state index contributed by atoms with van der Waals surface area (Å²) in [7, 11) is 0. The van der Waals surface area contributed by atoms with Crippen LogP contribution in [0.3, 0.4) is 0 Å². The Morgan fingerprint density at radius 3 is 2.94 bits per heavy atom. The zero-order valence-electron chi connectivity index (χ0n) is 8.43. The SMILES string of the molecule is C#CCCC(=O)Nc1cnccc1C(=O)O. The molecule has 0 atom stereocenters. The minimum absolute atomic E-state index is 0.00376. The topological polar surface area (TPSA) is 79.3 Å². The van der Waals surface area contributed by atoms with E-state index in [1.165, 1.54) is 18.5 Å². The van der Waals surface area contributed by atoms with Crippen LogP contribution in [0.2, 0.25) is 0 Å². The number of aromatic nitrogens is 1. The molecule has 0 unspecified atom stereocenters. The molecule has 1 heterocycles. The molecule has 0 bridgehead atoms. The second-order valence-corrected chi connectivity index (χ2v) is 2.98. The van der Waals surface area contributed by atoms with Gasteiger partial charge in [-0.15, -0.1) is 12.3 Å². The van der Waals surface area contributed by atoms with E-state index >= 15 is 0 Å². The first-order chi connectivity index (χ1) is 7.65. The van der Waals surface area contributed by atoms with Crippen molar-refractivity contribution in [1.29, 1.82) is 0 Å². The van der Waals surface area contributed by atoms with Gasteiger partial charge in [0.05, 0.1) is 17.4 Å². The maximum absolute atomic E-state index is 11.3. The molecular formula is C11H10N2O3. The summed E-state index contributed by atoms with van der Waals surface area (Å²) in [5.74, 6) is 0.887. The lowest BCUT2D eigenvalue weighted by atomic mass is 10.2. The van der Waals surface area contributed by atoms with Crippen LogP contribution in [0.25, 0.3) is 0 Å². The third kappa shape index (κ3) is 3.10. The van der Waals surface area contributed by atoms with Crippen LogP contribution in [-0.4, -0.2) is 22.0 Å². The van der Waals surface area contributed by atoms with Crippen LogP contribution in [0, 0.1) is 12.3 Å². The second kappa shape index (κ2) is 5.51. The Hall–Kier alpha value is -2.35. The van der Waals surface area contributed by atoms with Gasteiger partial charge in [0.2, 0.25) is 5.91 Å². The van der Waals surface area contributed by atoms with Crippen molar-refractivity contribution < 1.29 is 14.7 Å². The first-order valence-corrected chi connectivity index (χ1v) is 4.55. The van der Waals surface area contributed by atoms with Crippen molar-refractivity contribution in [3.05, 3.63) is 24.0 Å². The Kier molecular flexibility index (Phi) is 4.04. The maximum Gasteiger partial charge on any atom is 0.337 e. The Bertz CT molecular complexity index is 449. The van der Waals surface area contributed by atoms with Gasteiger partial charge in [0.1, 0.15) is 0 Å². The van der Waals surface area contributed by atoms with Crippen molar-refractivity contribution in [3.63, 3.8) is 0 Å². The van der Waals surface area contributed by atoms with E-state index in [1.807, 2.05) is 0 Å². The van der Waals surface area contributed by atoms with Crippen LogP contribution in [0.1, 0.15) is 23.2 Å². The van der Waals surface area contributed by atoms with Gasteiger partial charge in [0.15, 0.2) is 0 Å². The van der Waals surface area contributed by atoms with Crippen molar-refractivity contribution in [2.24, 2.45) is 0 Å². The number of hydrogen-bond donors (Lipinski definition) is 2. The van der Waals surface area contributed by atoms with Crippen molar-refractivity contribution in [2.45, 2.75) is 12.8 Å². The highest BCUT2D eigenvalue weighted by molar-refractivity contribution is 6.00. The van der Waals surface area contributed by atoms with Gasteiger partial charge in [-0.1, -0.05) is 0 Å². The lowest BCUT2D eigenvalue weighted by Gasteiger charge is -2.06. The molecule has 0 fully saturated rings. The molecule has 1 aromatic heterocycles. The number of amides is 1. The van der Waals surface area contributed by atoms with Crippen molar-refractivity contribution in [2.75, 3.05) is 5.32 Å². The summed E-state index contributed by atoms with van der Waals surface area (Å²) in [6.45, 7) is 0. The van der Waals surface area contributed by atoms with E-state index in [9.17, 15) is 9.59 Å². The Balaban J connectivity index is 2.77. The predicted octanol–water partition coefficient (Wildman–Crippen LogP) is 1.13. The summed E-state index contributed by atoms with van der Waals surface area (Å²) in [6.07, 6.45) is 8.12. The van der Waals surface area contributed by atoms with Gasteiger partial charge in [-0.25, -0.2) is 4.79 Å². The molecule has 82 valence electrons. The largest absolute Gasteiger partial charge is 0.478 e. The molecule has 0 saturated carbocycles. The van der Waals surface area contributed by atoms with Gasteiger partial charge in [-0.3, -0.25) is 9.78 Å². The van der Waals surface area contributed by atoms with E-state index in [1.54, 1.807) is 0 Å². The molecule has 0 aliphatic carbocycles. The quantitative estimate of drug-likeness (QED) is 0.742. The molecule has 0 radical (unpaired) electrons. The smallest absolute Gasteiger partial charge is 0.337 e. The predicted molar refractivity (Wildman–Crippen MR) is 57.9 cm³/mol. The number of hydrogen-bond acceptors (Lipinski definition) is 3. The van der Waals surface area contributed by atoms with Gasteiger partial charge in [0, 0.05) is 19.0 Å². The Morgan fingerprint density at radius 2 is 2.31 bits per heavy atom. The summed E-state index contributed by atoms with van der Waals surface area (Å²) in [5, 5.41) is 11.3. The molecule has 1 amide bonds. The third-order valence-electron chi connectivity index (χ3n) is 1.82. The first kappa shape index (κ1) is 11.7. The van der Waals surface area contributed by atoms with E-state index in [0.717, 1.165) is 0 Å². The Morgan fingerprint density at radius 1 is 1.56 bits per heavy atom. The fourth-order valence-electron chi connectivity index (χ4n) is 1.08. The highest BCUT2D eigenvalue weighted by atomic mass is 16.4. The van der Waals surface area contributed by atoms with Crippen LogP contribution in [0.4, 0.5) is 5.69 Å². The average Bonchev–Trinajstić information content (AvgIpc) is 2.27. The standard InChI is InChI=1S/C11H10N2O3/c1-2-3-4-10(14)13-9-7-12-6-5-8(9)11(15)16/h1,5-7H,3-4H2,(H,13,14)(H,15,16). The number of nitrogens with zero attached hydrogens (tertiary/aromatic N) is 1. The summed E-state index contributed by atoms with van der Waals surface area (Å²) in [5.41, 5.74) is 0.182. The molecule has 5 heteroatoms. The highest BCUT2D eigenvalue weighted by Crippen LogP contribution is 2.13. The molecule has 0 saturated heterocycles. The lowest BCUT2D eigenvalue weighted by molar-refractivity contribution is -0.116. The number of nitrogens with one attached hydrogen (secondary N) is 1. The zero-order valence-corrected chi connectivity index (χ0v) is 8.43. The summed E-state index contributed by atoms with van der Waals surface area (Å²) >= 11 is 0. The molecule has 0 aliphatic heterocycles. The molecule has 1 aromatic rings. The van der Waals surface area contributed by atoms with Gasteiger partial charge in [0.25, 0.3) is 0 Å². The molecule has 16 heavy (non-hydrogen) atoms. The summed E-state index contributed by atoms with van der Waals surface area (Å²) in [6, 6.07) is 1.32. The van der Waals surface area contributed by atoms with Crippen molar-refractivity contribution >= 4 is 17.6 Å². The number of carboxylic acid groups (broad SMARTS) is 1. The molecule has 5 nitrogen and oxygen atoms in total. The van der Waals surface area contributed by atoms with E-state index < -0.39 is 5.97 Å². The average molecular weight is 218 g/mol. The summed E-state index contributed by atoms with van der Waals surface area (Å²) < 4.78 is 0. The number of rotatable bonds is 4. The van der Waals surface area contributed by atoms with E-state index in [-0.39, 0.29) is 23.6 Å². The summed E-state index contributed by atoms with van der Waals surface area (Å²) in [4.78, 5) is 25.9. The maximum atomic E-state index is 11.3. The van der Waals surface area contributed by atoms with Crippen LogP contribution in [0.15, 0.2) is 18.5 Å². The minimum Gasteiger partial charge on any atom is -0.478 e. The third-order valence-corrected chi connectivity index (χ3v) is 1.82. The molecule has 1 rings (SSSR count). The van der Waals surface area contributed by atoms with Crippen LogP contribution < -0.4 is 5.32 Å². The van der Waals surface area contributed by atoms with Crippen molar-refractivity contribution in [3.8, 4) is 12.3 Å². The number of pyridine rings is 1. The Labute approximate surface area is 92.5 Å². The highest BCUT2D eigenvalue weighted by Gasteiger charge is 2.11. The van der Waals surface area contributed by atoms with Gasteiger partial charge < -0.3 is 10.4 Å². The fraction of sp³-hybridized carbons (Fsp3) is 0.182. The molecule has 0 aromatic carbocycles. The number of carboxylic acids is 1. The molecule has 0 aliphatic rings. The van der Waals surface area contributed by atoms with E-state index in [2.05, 4.69) is 16.2 Å². The number of carbonyl (C=O) groups excluding carboxylic acids is 1. The normalized spacial score (nSPS) is 9.19. The van der Waals surface area contributed by atoms with Gasteiger partial charge >= 0.3 is 5.97 Å². The molecule has 2 N–H and O–H groups in total. The van der Waals surface area contributed by atoms with Crippen LogP contribution in [-0.2, 0) is 4.79 Å². The van der Waals surface area contributed by atoms with E-state index in [4.69, 9.17) is 11.5 Å². The van der Waals surface area contributed by atoms with Gasteiger partial charge in [-0.2, -0.15) is 0 Å². The lowest BCUT2D eigenvalue weighted by Crippen LogP contribution is -2.14. The molecular weight excluding hydrogens is 208 g/mol. The van der Waals surface area contributed by atoms with Crippen LogP contribution >= 0.6 is 0 Å². The van der Waals surface area contributed by atoms with Gasteiger partial charge in [-0.05, 0) is 6.07 Å². The van der Waals surface area contributed by atoms with E-state index in [0.29, 0.717) is 6.42 Å². The fourth-order valence-corrected chi connectivity index (χ4v) is 1.08. The zero-order chi connectivity index (χ0) is 12.0. The number of anilines is 1. The van der Waals surface area contributed by atoms with Crippen molar-refractivity contribution in [1.82, 2.24) is 4.98 Å². The first-order valence-electron chi connectivity index (χ1n) is 4.55. The number of terminal acetylenes is 1. The number of carbonyl (C=O) groups is 2. The second-order valence-electron chi connectivity index (χ2n) is 2.98. The van der Waals surface area contributed by atoms with Crippen LogP contribution in [0.5, 0.6) is 0 Å². The monoisotopic (exact) mass is 218 g/mol. The molecule has 0 spiro atoms. The minimum atomic E-state index is -1.12. The number of aromatic carboxylic acids is 1.